The second-order valence-electron chi connectivity index (χ2n) is 2.96. The van der Waals surface area contributed by atoms with Crippen LogP contribution in [0.15, 0.2) is 6.33 Å². The number of nitrogens with two attached hydrogens (primary N) is 2. The van der Waals surface area contributed by atoms with Crippen LogP contribution in [-0.4, -0.2) is 27.3 Å². The number of anilines is 2. The number of carbonyl (C=O) groups excluding carboxylic acids is 1. The van der Waals surface area contributed by atoms with Crippen molar-refractivity contribution in [1.82, 2.24) is 9.97 Å². The minimum Gasteiger partial charge on any atom is -0.370 e. The average Bonchev–Trinajstić information content (AvgIpc) is 2.27. The highest BCUT2D eigenvalue weighted by molar-refractivity contribution is 5.75. The quantitative estimate of drug-likeness (QED) is 0.278. The van der Waals surface area contributed by atoms with Gasteiger partial charge in [0.25, 0.3) is 0 Å². The SMILES string of the molecule is NNc1ncnc(NCCC(N)=O)c1[N+](=O)[O-]. The summed E-state index contributed by atoms with van der Waals surface area (Å²) in [4.78, 5) is 27.9. The molecular weight excluding hydrogens is 230 g/mol. The maximum atomic E-state index is 10.8. The number of hydrogen-bond acceptors (Lipinski definition) is 8. The van der Waals surface area contributed by atoms with E-state index in [0.717, 1.165) is 6.33 Å². The predicted molar refractivity (Wildman–Crippen MR) is 58.8 cm³/mol. The number of nitrogens with zero attached hydrogens (tertiary/aromatic N) is 3. The molecule has 0 aromatic carbocycles. The molecule has 10 nitrogen and oxygen atoms in total. The standard InChI is InChI=1S/C7H11N7O3/c8-4(15)1-2-10-6-5(14(16)17)7(13-9)12-3-11-6/h3H,1-2,9H2,(H2,8,15)(H2,10,11,12,13). The molecule has 92 valence electrons. The number of nitro groups is 1. The van der Waals surface area contributed by atoms with Gasteiger partial charge < -0.3 is 16.5 Å². The topological polar surface area (TPSA) is 162 Å². The van der Waals surface area contributed by atoms with E-state index in [1.165, 1.54) is 0 Å². The zero-order valence-electron chi connectivity index (χ0n) is 8.71. The second kappa shape index (κ2) is 5.55. The third-order valence-corrected chi connectivity index (χ3v) is 1.81. The summed E-state index contributed by atoms with van der Waals surface area (Å²) < 4.78 is 0. The van der Waals surface area contributed by atoms with Gasteiger partial charge in [0.15, 0.2) is 0 Å². The van der Waals surface area contributed by atoms with E-state index in [1.807, 2.05) is 0 Å². The number of aromatic nitrogens is 2. The molecule has 1 heterocycles. The van der Waals surface area contributed by atoms with Gasteiger partial charge in [-0.1, -0.05) is 0 Å². The molecule has 17 heavy (non-hydrogen) atoms. The predicted octanol–water partition coefficient (Wildman–Crippen LogP) is -1.04. The lowest BCUT2D eigenvalue weighted by Gasteiger charge is -2.06. The van der Waals surface area contributed by atoms with Gasteiger partial charge in [-0.3, -0.25) is 14.9 Å². The number of nitrogen functional groups attached to an aromatic ring is 1. The fourth-order valence-electron chi connectivity index (χ4n) is 1.09. The number of amides is 1. The average molecular weight is 241 g/mol. The van der Waals surface area contributed by atoms with Gasteiger partial charge in [0.1, 0.15) is 6.33 Å². The molecule has 1 aromatic heterocycles. The Labute approximate surface area is 95.5 Å². The van der Waals surface area contributed by atoms with Crippen molar-refractivity contribution in [3.8, 4) is 0 Å². The van der Waals surface area contributed by atoms with E-state index in [1.54, 1.807) is 0 Å². The van der Waals surface area contributed by atoms with E-state index in [4.69, 9.17) is 11.6 Å². The number of hydrogen-bond donors (Lipinski definition) is 4. The Morgan fingerprint density at radius 1 is 1.47 bits per heavy atom. The molecule has 1 rings (SSSR count). The summed E-state index contributed by atoms with van der Waals surface area (Å²) in [6, 6.07) is 0. The van der Waals surface area contributed by atoms with Crippen LogP contribution in [0, 0.1) is 10.1 Å². The molecule has 6 N–H and O–H groups in total. The monoisotopic (exact) mass is 241 g/mol. The Hall–Kier alpha value is -2.49. The zero-order chi connectivity index (χ0) is 12.8. The van der Waals surface area contributed by atoms with Gasteiger partial charge in [-0.25, -0.2) is 15.8 Å². The molecule has 0 spiro atoms. The van der Waals surface area contributed by atoms with Gasteiger partial charge in [-0.15, -0.1) is 0 Å². The second-order valence-corrected chi connectivity index (χ2v) is 2.96. The van der Waals surface area contributed by atoms with E-state index < -0.39 is 10.8 Å². The van der Waals surface area contributed by atoms with Gasteiger partial charge in [0, 0.05) is 13.0 Å². The summed E-state index contributed by atoms with van der Waals surface area (Å²) in [5.41, 5.74) is 6.64. The Morgan fingerprint density at radius 2 is 2.12 bits per heavy atom. The summed E-state index contributed by atoms with van der Waals surface area (Å²) in [6.45, 7) is 0.136. The van der Waals surface area contributed by atoms with Crippen LogP contribution < -0.4 is 22.3 Å². The summed E-state index contributed by atoms with van der Waals surface area (Å²) in [6.07, 6.45) is 1.14. The number of primary amides is 1. The lowest BCUT2D eigenvalue weighted by Crippen LogP contribution is -2.18. The number of nitrogens with one attached hydrogen (secondary N) is 2. The smallest absolute Gasteiger partial charge is 0.354 e. The Morgan fingerprint density at radius 3 is 2.65 bits per heavy atom. The van der Waals surface area contributed by atoms with Crippen molar-refractivity contribution in [3.63, 3.8) is 0 Å². The molecule has 1 amide bonds. The van der Waals surface area contributed by atoms with Crippen molar-refractivity contribution in [1.29, 1.82) is 0 Å². The highest BCUT2D eigenvalue weighted by Crippen LogP contribution is 2.27. The van der Waals surface area contributed by atoms with Gasteiger partial charge in [-0.05, 0) is 0 Å². The van der Waals surface area contributed by atoms with E-state index in [0.29, 0.717) is 0 Å². The van der Waals surface area contributed by atoms with Crippen molar-refractivity contribution in [2.24, 2.45) is 11.6 Å². The number of carbonyl (C=O) groups is 1. The maximum Gasteiger partial charge on any atom is 0.354 e. The first kappa shape index (κ1) is 12.6. The van der Waals surface area contributed by atoms with Crippen LogP contribution in [0.5, 0.6) is 0 Å². The molecule has 0 aliphatic carbocycles. The largest absolute Gasteiger partial charge is 0.370 e. The molecule has 0 saturated carbocycles. The first-order chi connectivity index (χ1) is 8.06. The zero-order valence-corrected chi connectivity index (χ0v) is 8.71. The van der Waals surface area contributed by atoms with Gasteiger partial charge in [0.2, 0.25) is 17.5 Å². The molecule has 10 heteroatoms. The van der Waals surface area contributed by atoms with Crippen LogP contribution in [0.1, 0.15) is 6.42 Å². The number of rotatable bonds is 6. The molecule has 0 fully saturated rings. The van der Waals surface area contributed by atoms with Crippen LogP contribution in [0.25, 0.3) is 0 Å². The van der Waals surface area contributed by atoms with Gasteiger partial charge >= 0.3 is 5.69 Å². The summed E-state index contributed by atoms with van der Waals surface area (Å²) in [5, 5.41) is 13.4. The molecule has 0 bridgehead atoms. The fourth-order valence-corrected chi connectivity index (χ4v) is 1.09. The molecule has 0 unspecified atom stereocenters. The van der Waals surface area contributed by atoms with Crippen molar-refractivity contribution >= 4 is 23.2 Å². The summed E-state index contributed by atoms with van der Waals surface area (Å²) in [7, 11) is 0. The van der Waals surface area contributed by atoms with Crippen molar-refractivity contribution in [2.45, 2.75) is 6.42 Å². The van der Waals surface area contributed by atoms with Crippen molar-refractivity contribution < 1.29 is 9.72 Å². The van der Waals surface area contributed by atoms with Crippen LogP contribution in [0.2, 0.25) is 0 Å². The van der Waals surface area contributed by atoms with Crippen LogP contribution in [0.3, 0.4) is 0 Å². The van der Waals surface area contributed by atoms with E-state index in [9.17, 15) is 14.9 Å². The lowest BCUT2D eigenvalue weighted by molar-refractivity contribution is -0.383. The molecule has 0 radical (unpaired) electrons. The Kier molecular flexibility index (Phi) is 4.11. The van der Waals surface area contributed by atoms with Gasteiger partial charge in [-0.2, -0.15) is 0 Å². The minimum absolute atomic E-state index is 0.0285. The first-order valence-corrected chi connectivity index (χ1v) is 4.54. The van der Waals surface area contributed by atoms with Crippen LogP contribution in [-0.2, 0) is 4.79 Å². The summed E-state index contributed by atoms with van der Waals surface area (Å²) >= 11 is 0. The van der Waals surface area contributed by atoms with E-state index in [2.05, 4.69) is 20.7 Å². The van der Waals surface area contributed by atoms with Gasteiger partial charge in [0.05, 0.1) is 4.92 Å². The summed E-state index contributed by atoms with van der Waals surface area (Å²) in [5.74, 6) is 4.42. The highest BCUT2D eigenvalue weighted by atomic mass is 16.6. The maximum absolute atomic E-state index is 10.8. The molecule has 0 aliphatic heterocycles. The van der Waals surface area contributed by atoms with E-state index >= 15 is 0 Å². The normalized spacial score (nSPS) is 9.71. The van der Waals surface area contributed by atoms with Crippen LogP contribution in [0.4, 0.5) is 17.3 Å². The number of hydrazine groups is 1. The Balaban J connectivity index is 2.90. The molecule has 0 aliphatic rings. The molecule has 1 aromatic rings. The Bertz CT molecular complexity index is 435. The third kappa shape index (κ3) is 3.24. The molecule has 0 atom stereocenters. The fraction of sp³-hybridized carbons (Fsp3) is 0.286. The highest BCUT2D eigenvalue weighted by Gasteiger charge is 2.21. The van der Waals surface area contributed by atoms with Crippen LogP contribution >= 0.6 is 0 Å². The third-order valence-electron chi connectivity index (χ3n) is 1.81. The minimum atomic E-state index is -0.679. The van der Waals surface area contributed by atoms with Crippen molar-refractivity contribution in [2.75, 3.05) is 17.3 Å². The van der Waals surface area contributed by atoms with E-state index in [-0.39, 0.29) is 30.3 Å². The molecular formula is C7H11N7O3. The van der Waals surface area contributed by atoms with Crippen molar-refractivity contribution in [3.05, 3.63) is 16.4 Å². The molecule has 0 saturated heterocycles. The first-order valence-electron chi connectivity index (χ1n) is 4.54. The lowest BCUT2D eigenvalue weighted by atomic mass is 10.4.